The molecule has 2 nitrogen and oxygen atoms in total. The lowest BCUT2D eigenvalue weighted by Crippen LogP contribution is -2.00. The first-order chi connectivity index (χ1) is 10.0. The smallest absolute Gasteiger partial charge is 0.160 e. The van der Waals surface area contributed by atoms with Crippen LogP contribution in [0.5, 0.6) is 11.5 Å². The maximum absolute atomic E-state index is 13.1. The van der Waals surface area contributed by atoms with Crippen molar-refractivity contribution in [3.05, 3.63) is 58.9 Å². The van der Waals surface area contributed by atoms with E-state index in [-0.39, 0.29) is 11.2 Å². The summed E-state index contributed by atoms with van der Waals surface area (Å²) in [7, 11) is 3.20. The Morgan fingerprint density at radius 3 is 2.38 bits per heavy atom. The van der Waals surface area contributed by atoms with Crippen LogP contribution in [0.3, 0.4) is 0 Å². The number of halogens is 2. The zero-order valence-corrected chi connectivity index (χ0v) is 13.1. The number of ether oxygens (including phenoxy) is 2. The van der Waals surface area contributed by atoms with Gasteiger partial charge in [-0.1, -0.05) is 12.1 Å². The van der Waals surface area contributed by atoms with Gasteiger partial charge < -0.3 is 9.47 Å². The van der Waals surface area contributed by atoms with Gasteiger partial charge >= 0.3 is 0 Å². The van der Waals surface area contributed by atoms with E-state index < -0.39 is 0 Å². The third-order valence-corrected chi connectivity index (χ3v) is 3.82. The first-order valence-electron chi connectivity index (χ1n) is 6.66. The molecule has 0 saturated heterocycles. The van der Waals surface area contributed by atoms with Gasteiger partial charge in [-0.25, -0.2) is 4.39 Å². The molecule has 0 saturated carbocycles. The highest BCUT2D eigenvalue weighted by molar-refractivity contribution is 6.21. The zero-order valence-electron chi connectivity index (χ0n) is 12.3. The Kier molecular flexibility index (Phi) is 5.07. The minimum Gasteiger partial charge on any atom is -0.493 e. The number of benzene rings is 2. The second-order valence-corrected chi connectivity index (χ2v) is 5.39. The van der Waals surface area contributed by atoms with Crippen molar-refractivity contribution in [3.63, 3.8) is 0 Å². The Bertz CT molecular complexity index is 628. The number of aryl methyl sites for hydroxylation is 1. The monoisotopic (exact) mass is 308 g/mol. The molecule has 0 amide bonds. The summed E-state index contributed by atoms with van der Waals surface area (Å²) < 4.78 is 23.6. The average molecular weight is 309 g/mol. The fourth-order valence-corrected chi connectivity index (χ4v) is 2.74. The van der Waals surface area contributed by atoms with Gasteiger partial charge in [-0.05, 0) is 54.3 Å². The molecule has 2 aromatic rings. The third kappa shape index (κ3) is 3.67. The van der Waals surface area contributed by atoms with Crippen LogP contribution in [0.2, 0.25) is 0 Å². The van der Waals surface area contributed by atoms with Gasteiger partial charge in [0.15, 0.2) is 11.5 Å². The number of methoxy groups -OCH3 is 2. The Morgan fingerprint density at radius 2 is 1.76 bits per heavy atom. The lowest BCUT2D eigenvalue weighted by molar-refractivity contribution is 0.354. The molecule has 2 rings (SSSR count). The van der Waals surface area contributed by atoms with Crippen molar-refractivity contribution in [2.24, 2.45) is 0 Å². The van der Waals surface area contributed by atoms with Gasteiger partial charge in [0.25, 0.3) is 0 Å². The second kappa shape index (κ2) is 6.81. The summed E-state index contributed by atoms with van der Waals surface area (Å²) >= 11 is 6.47. The molecule has 0 N–H and O–H groups in total. The van der Waals surface area contributed by atoms with Gasteiger partial charge in [0.1, 0.15) is 5.82 Å². The fraction of sp³-hybridized carbons (Fsp3) is 0.294. The highest BCUT2D eigenvalue weighted by Gasteiger charge is 2.14. The molecule has 0 aromatic heterocycles. The summed E-state index contributed by atoms with van der Waals surface area (Å²) in [6.07, 6.45) is 0.633. The fourth-order valence-electron chi connectivity index (χ4n) is 2.32. The van der Waals surface area contributed by atoms with Crippen LogP contribution in [-0.2, 0) is 6.42 Å². The molecule has 21 heavy (non-hydrogen) atoms. The van der Waals surface area contributed by atoms with Crippen molar-refractivity contribution in [3.8, 4) is 11.5 Å². The van der Waals surface area contributed by atoms with Crippen LogP contribution in [0.15, 0.2) is 36.4 Å². The second-order valence-electron chi connectivity index (χ2n) is 4.86. The van der Waals surface area contributed by atoms with Gasteiger partial charge in [-0.2, -0.15) is 0 Å². The quantitative estimate of drug-likeness (QED) is 0.747. The van der Waals surface area contributed by atoms with E-state index in [0.29, 0.717) is 17.9 Å². The molecule has 0 fully saturated rings. The molecule has 2 aromatic carbocycles. The largest absolute Gasteiger partial charge is 0.493 e. The van der Waals surface area contributed by atoms with E-state index in [1.807, 2.05) is 25.1 Å². The Hall–Kier alpha value is -1.74. The van der Waals surface area contributed by atoms with Crippen LogP contribution >= 0.6 is 11.6 Å². The minimum atomic E-state index is -0.244. The normalized spacial score (nSPS) is 12.0. The van der Waals surface area contributed by atoms with Gasteiger partial charge in [-0.3, -0.25) is 0 Å². The molecule has 0 spiro atoms. The van der Waals surface area contributed by atoms with Gasteiger partial charge in [-0.15, -0.1) is 11.6 Å². The van der Waals surface area contributed by atoms with E-state index in [2.05, 4.69) is 0 Å². The van der Waals surface area contributed by atoms with E-state index >= 15 is 0 Å². The highest BCUT2D eigenvalue weighted by Crippen LogP contribution is 2.32. The predicted octanol–water partition coefficient (Wildman–Crippen LogP) is 4.67. The molecule has 0 aliphatic carbocycles. The molecular formula is C17H18ClFO2. The first kappa shape index (κ1) is 15.6. The standard InChI is InChI=1S/C17H18ClFO2/c1-11-8-13(19)5-6-14(11)15(18)9-12-4-7-16(20-2)17(10-12)21-3/h4-8,10,15H,9H2,1-3H3. The summed E-state index contributed by atoms with van der Waals surface area (Å²) in [5, 5.41) is -0.219. The molecule has 0 bridgehead atoms. The predicted molar refractivity (Wildman–Crippen MR) is 83.0 cm³/mol. The summed E-state index contributed by atoms with van der Waals surface area (Å²) in [4.78, 5) is 0. The molecule has 112 valence electrons. The molecule has 1 unspecified atom stereocenters. The summed E-state index contributed by atoms with van der Waals surface area (Å²) in [5.41, 5.74) is 2.83. The number of hydrogen-bond acceptors (Lipinski definition) is 2. The van der Waals surface area contributed by atoms with Gasteiger partial charge in [0.05, 0.1) is 19.6 Å². The van der Waals surface area contributed by atoms with Crippen LogP contribution < -0.4 is 9.47 Å². The molecule has 0 radical (unpaired) electrons. The molecule has 0 heterocycles. The van der Waals surface area contributed by atoms with Crippen molar-refractivity contribution < 1.29 is 13.9 Å². The lowest BCUT2D eigenvalue weighted by Gasteiger charge is -2.14. The SMILES string of the molecule is COc1ccc(CC(Cl)c2ccc(F)cc2C)cc1OC. The van der Waals surface area contributed by atoms with E-state index in [4.69, 9.17) is 21.1 Å². The van der Waals surface area contributed by atoms with E-state index in [1.54, 1.807) is 20.3 Å². The average Bonchev–Trinajstić information content (AvgIpc) is 2.46. The van der Waals surface area contributed by atoms with Gasteiger partial charge in [0.2, 0.25) is 0 Å². The zero-order chi connectivity index (χ0) is 15.4. The summed E-state index contributed by atoms with van der Waals surface area (Å²) in [5.74, 6) is 1.12. The maximum Gasteiger partial charge on any atom is 0.160 e. The number of rotatable bonds is 5. The number of hydrogen-bond donors (Lipinski definition) is 0. The molecular weight excluding hydrogens is 291 g/mol. The van der Waals surface area contributed by atoms with Crippen molar-refractivity contribution in [1.29, 1.82) is 0 Å². The van der Waals surface area contributed by atoms with Crippen molar-refractivity contribution in [1.82, 2.24) is 0 Å². The minimum absolute atomic E-state index is 0.219. The van der Waals surface area contributed by atoms with Crippen LogP contribution in [-0.4, -0.2) is 14.2 Å². The van der Waals surface area contributed by atoms with Crippen LogP contribution in [0.4, 0.5) is 4.39 Å². The summed E-state index contributed by atoms with van der Waals surface area (Å²) in [6.45, 7) is 1.86. The van der Waals surface area contributed by atoms with Crippen LogP contribution in [0, 0.1) is 12.7 Å². The van der Waals surface area contributed by atoms with E-state index in [9.17, 15) is 4.39 Å². The van der Waals surface area contributed by atoms with Crippen LogP contribution in [0.25, 0.3) is 0 Å². The van der Waals surface area contributed by atoms with Crippen molar-refractivity contribution in [2.75, 3.05) is 14.2 Å². The van der Waals surface area contributed by atoms with Gasteiger partial charge in [0, 0.05) is 0 Å². The van der Waals surface area contributed by atoms with Crippen LogP contribution in [0.1, 0.15) is 22.1 Å². The molecule has 4 heteroatoms. The Morgan fingerprint density at radius 1 is 1.05 bits per heavy atom. The topological polar surface area (TPSA) is 18.5 Å². The van der Waals surface area contributed by atoms with E-state index in [0.717, 1.165) is 16.7 Å². The Labute approximate surface area is 129 Å². The Balaban J connectivity index is 2.21. The molecule has 0 aliphatic heterocycles. The van der Waals surface area contributed by atoms with E-state index in [1.165, 1.54) is 12.1 Å². The molecule has 1 atom stereocenters. The third-order valence-electron chi connectivity index (χ3n) is 3.43. The summed E-state index contributed by atoms with van der Waals surface area (Å²) in [6, 6.07) is 10.4. The molecule has 0 aliphatic rings. The highest BCUT2D eigenvalue weighted by atomic mass is 35.5. The number of alkyl halides is 1. The first-order valence-corrected chi connectivity index (χ1v) is 7.09. The lowest BCUT2D eigenvalue weighted by atomic mass is 9.99. The van der Waals surface area contributed by atoms with Crippen molar-refractivity contribution in [2.45, 2.75) is 18.7 Å². The van der Waals surface area contributed by atoms with Crippen molar-refractivity contribution >= 4 is 11.6 Å². The maximum atomic E-state index is 13.1.